The predicted octanol–water partition coefficient (Wildman–Crippen LogP) is 1.28. The minimum absolute atomic E-state index is 0.0162. The highest BCUT2D eigenvalue weighted by Crippen LogP contribution is 2.10. The molecule has 1 rings (SSSR count). The van der Waals surface area contributed by atoms with Crippen LogP contribution in [-0.2, 0) is 9.47 Å². The monoisotopic (exact) mass is 244 g/mol. The van der Waals surface area contributed by atoms with E-state index in [1.807, 2.05) is 34.6 Å². The molecule has 0 radical (unpaired) electrons. The zero-order valence-electron chi connectivity index (χ0n) is 11.4. The van der Waals surface area contributed by atoms with E-state index in [1.54, 1.807) is 0 Å². The van der Waals surface area contributed by atoms with Crippen LogP contribution >= 0.6 is 0 Å². The van der Waals surface area contributed by atoms with Crippen molar-refractivity contribution in [1.29, 1.82) is 0 Å². The molecule has 1 amide bonds. The Morgan fingerprint density at radius 3 is 2.53 bits per heavy atom. The molecule has 0 spiro atoms. The van der Waals surface area contributed by atoms with E-state index in [-0.39, 0.29) is 24.3 Å². The van der Waals surface area contributed by atoms with Crippen LogP contribution in [0.4, 0.5) is 4.79 Å². The van der Waals surface area contributed by atoms with Crippen LogP contribution in [0.1, 0.15) is 34.6 Å². The standard InChI is InChI=1S/C12H24N2O3/c1-8(2)16-10-7-13-6-9(10)14-11(15)17-12(3,4)5/h8-10,13H,6-7H2,1-5H3,(H,14,15)/t9-,10-/m0/s1. The maximum atomic E-state index is 11.6. The lowest BCUT2D eigenvalue weighted by Gasteiger charge is -2.25. The molecule has 0 aromatic rings. The van der Waals surface area contributed by atoms with Gasteiger partial charge in [-0.3, -0.25) is 0 Å². The Balaban J connectivity index is 2.42. The van der Waals surface area contributed by atoms with Crippen LogP contribution in [0.25, 0.3) is 0 Å². The van der Waals surface area contributed by atoms with Gasteiger partial charge in [-0.2, -0.15) is 0 Å². The lowest BCUT2D eigenvalue weighted by molar-refractivity contribution is 0.000192. The van der Waals surface area contributed by atoms with Crippen LogP contribution in [0.3, 0.4) is 0 Å². The first-order chi connectivity index (χ1) is 7.78. The summed E-state index contributed by atoms with van der Waals surface area (Å²) in [5.74, 6) is 0. The normalized spacial score (nSPS) is 25.1. The summed E-state index contributed by atoms with van der Waals surface area (Å²) < 4.78 is 10.9. The fourth-order valence-electron chi connectivity index (χ4n) is 1.75. The topological polar surface area (TPSA) is 59.6 Å². The second-order valence-electron chi connectivity index (χ2n) is 5.63. The third kappa shape index (κ3) is 5.37. The largest absolute Gasteiger partial charge is 0.444 e. The van der Waals surface area contributed by atoms with Crippen LogP contribution < -0.4 is 10.6 Å². The van der Waals surface area contributed by atoms with Gasteiger partial charge >= 0.3 is 6.09 Å². The van der Waals surface area contributed by atoms with Crippen molar-refractivity contribution in [3.63, 3.8) is 0 Å². The molecule has 1 aliphatic heterocycles. The van der Waals surface area contributed by atoms with Crippen LogP contribution in [0.5, 0.6) is 0 Å². The summed E-state index contributed by atoms with van der Waals surface area (Å²) >= 11 is 0. The number of amides is 1. The molecule has 2 N–H and O–H groups in total. The van der Waals surface area contributed by atoms with Crippen LogP contribution in [0.15, 0.2) is 0 Å². The average Bonchev–Trinajstić information content (AvgIpc) is 2.47. The molecule has 0 unspecified atom stereocenters. The zero-order valence-corrected chi connectivity index (χ0v) is 11.4. The summed E-state index contributed by atoms with van der Waals surface area (Å²) in [6.07, 6.45) is -0.214. The van der Waals surface area contributed by atoms with E-state index in [1.165, 1.54) is 0 Å². The summed E-state index contributed by atoms with van der Waals surface area (Å²) in [5, 5.41) is 6.04. The molecule has 1 fully saturated rings. The number of nitrogens with one attached hydrogen (secondary N) is 2. The first-order valence-corrected chi connectivity index (χ1v) is 6.13. The quantitative estimate of drug-likeness (QED) is 0.785. The van der Waals surface area contributed by atoms with Gasteiger partial charge in [-0.05, 0) is 34.6 Å². The van der Waals surface area contributed by atoms with Gasteiger partial charge in [0.1, 0.15) is 5.60 Å². The van der Waals surface area contributed by atoms with Crippen molar-refractivity contribution < 1.29 is 14.3 Å². The van der Waals surface area contributed by atoms with E-state index in [2.05, 4.69) is 10.6 Å². The Labute approximate surface area is 103 Å². The summed E-state index contributed by atoms with van der Waals surface area (Å²) in [6.45, 7) is 11.0. The summed E-state index contributed by atoms with van der Waals surface area (Å²) in [4.78, 5) is 11.6. The number of alkyl carbamates (subject to hydrolysis) is 1. The highest BCUT2D eigenvalue weighted by molar-refractivity contribution is 5.68. The second kappa shape index (κ2) is 5.69. The summed E-state index contributed by atoms with van der Waals surface area (Å²) in [5.41, 5.74) is -0.468. The van der Waals surface area contributed by atoms with Gasteiger partial charge in [0.15, 0.2) is 0 Å². The molecule has 5 nitrogen and oxygen atoms in total. The number of hydrogen-bond acceptors (Lipinski definition) is 4. The van der Waals surface area contributed by atoms with Crippen LogP contribution in [0, 0.1) is 0 Å². The van der Waals surface area contributed by atoms with Gasteiger partial charge in [0, 0.05) is 13.1 Å². The fourth-order valence-corrected chi connectivity index (χ4v) is 1.75. The molecule has 5 heteroatoms. The predicted molar refractivity (Wildman–Crippen MR) is 66.0 cm³/mol. The average molecular weight is 244 g/mol. The van der Waals surface area contributed by atoms with Crippen molar-refractivity contribution in [1.82, 2.24) is 10.6 Å². The molecule has 0 bridgehead atoms. The molecule has 17 heavy (non-hydrogen) atoms. The van der Waals surface area contributed by atoms with Gasteiger partial charge in [-0.1, -0.05) is 0 Å². The van der Waals surface area contributed by atoms with Crippen molar-refractivity contribution in [2.45, 2.75) is 58.5 Å². The van der Waals surface area contributed by atoms with Crippen molar-refractivity contribution in [2.24, 2.45) is 0 Å². The third-order valence-electron chi connectivity index (χ3n) is 2.31. The molecular formula is C12H24N2O3. The zero-order chi connectivity index (χ0) is 13.1. The Morgan fingerprint density at radius 1 is 1.35 bits per heavy atom. The summed E-state index contributed by atoms with van der Waals surface area (Å²) in [6, 6.07) is -0.0211. The van der Waals surface area contributed by atoms with E-state index < -0.39 is 5.60 Å². The van der Waals surface area contributed by atoms with Crippen molar-refractivity contribution >= 4 is 6.09 Å². The van der Waals surface area contributed by atoms with Crippen molar-refractivity contribution in [2.75, 3.05) is 13.1 Å². The molecular weight excluding hydrogens is 220 g/mol. The van der Waals surface area contributed by atoms with E-state index >= 15 is 0 Å². The van der Waals surface area contributed by atoms with Crippen LogP contribution in [0.2, 0.25) is 0 Å². The van der Waals surface area contributed by atoms with E-state index in [0.717, 1.165) is 13.1 Å². The number of carbonyl (C=O) groups excluding carboxylic acids is 1. The van der Waals surface area contributed by atoms with Crippen LogP contribution in [-0.4, -0.2) is 43.0 Å². The molecule has 0 aromatic heterocycles. The minimum atomic E-state index is -0.468. The Hall–Kier alpha value is -0.810. The number of ether oxygens (including phenoxy) is 2. The molecule has 0 aromatic carbocycles. The van der Waals surface area contributed by atoms with E-state index in [9.17, 15) is 4.79 Å². The molecule has 1 heterocycles. The first-order valence-electron chi connectivity index (χ1n) is 6.13. The molecule has 100 valence electrons. The minimum Gasteiger partial charge on any atom is -0.444 e. The van der Waals surface area contributed by atoms with E-state index in [4.69, 9.17) is 9.47 Å². The Morgan fingerprint density at radius 2 is 2.00 bits per heavy atom. The number of rotatable bonds is 3. The maximum absolute atomic E-state index is 11.6. The number of carbonyl (C=O) groups is 1. The smallest absolute Gasteiger partial charge is 0.408 e. The van der Waals surface area contributed by atoms with Crippen molar-refractivity contribution in [3.05, 3.63) is 0 Å². The molecule has 0 aliphatic carbocycles. The van der Waals surface area contributed by atoms with Gasteiger partial charge in [-0.15, -0.1) is 0 Å². The number of hydrogen-bond donors (Lipinski definition) is 2. The lowest BCUT2D eigenvalue weighted by atomic mass is 10.2. The van der Waals surface area contributed by atoms with Gasteiger partial charge < -0.3 is 20.1 Å². The maximum Gasteiger partial charge on any atom is 0.408 e. The highest BCUT2D eigenvalue weighted by Gasteiger charge is 2.31. The second-order valence-corrected chi connectivity index (χ2v) is 5.63. The molecule has 1 saturated heterocycles. The SMILES string of the molecule is CC(C)O[C@H]1CNC[C@@H]1NC(=O)OC(C)(C)C. The molecule has 2 atom stereocenters. The first kappa shape index (κ1) is 14.3. The van der Waals surface area contributed by atoms with E-state index in [0.29, 0.717) is 0 Å². The van der Waals surface area contributed by atoms with Gasteiger partial charge in [0.2, 0.25) is 0 Å². The van der Waals surface area contributed by atoms with Gasteiger partial charge in [-0.25, -0.2) is 4.79 Å². The fraction of sp³-hybridized carbons (Fsp3) is 0.917. The summed E-state index contributed by atoms with van der Waals surface area (Å²) in [7, 11) is 0. The molecule has 0 saturated carbocycles. The van der Waals surface area contributed by atoms with Crippen molar-refractivity contribution in [3.8, 4) is 0 Å². The third-order valence-corrected chi connectivity index (χ3v) is 2.31. The Kier molecular flexibility index (Phi) is 4.77. The molecule has 1 aliphatic rings. The van der Waals surface area contributed by atoms with Gasteiger partial charge in [0.05, 0.1) is 18.2 Å². The lowest BCUT2D eigenvalue weighted by Crippen LogP contribution is -2.46. The highest BCUT2D eigenvalue weighted by atomic mass is 16.6. The van der Waals surface area contributed by atoms with Gasteiger partial charge in [0.25, 0.3) is 0 Å². The Bertz CT molecular complexity index is 261.